The van der Waals surface area contributed by atoms with Crippen molar-refractivity contribution >= 4 is 5.91 Å². The Hall–Kier alpha value is -2.41. The summed E-state index contributed by atoms with van der Waals surface area (Å²) in [4.78, 5) is 12.6. The Kier molecular flexibility index (Phi) is 5.56. The number of ether oxygens (including phenoxy) is 1. The monoisotopic (exact) mass is 357 g/mol. The van der Waals surface area contributed by atoms with Crippen molar-refractivity contribution in [3.63, 3.8) is 0 Å². The average Bonchev–Trinajstić information content (AvgIpc) is 2.99. The van der Waals surface area contributed by atoms with E-state index in [1.54, 1.807) is 4.68 Å². The smallest absolute Gasteiger partial charge is 0.274 e. The van der Waals surface area contributed by atoms with Crippen molar-refractivity contribution in [1.82, 2.24) is 25.6 Å². The summed E-state index contributed by atoms with van der Waals surface area (Å²) in [5, 5.41) is 14.7. The molecule has 2 atom stereocenters. The van der Waals surface area contributed by atoms with Gasteiger partial charge in [-0.3, -0.25) is 4.79 Å². The lowest BCUT2D eigenvalue weighted by atomic mass is 9.95. The summed E-state index contributed by atoms with van der Waals surface area (Å²) in [6.45, 7) is 9.79. The van der Waals surface area contributed by atoms with Crippen LogP contribution in [0.4, 0.5) is 0 Å². The van der Waals surface area contributed by atoms with Gasteiger partial charge in [-0.2, -0.15) is 0 Å². The molecule has 2 N–H and O–H groups in total. The third-order valence-corrected chi connectivity index (χ3v) is 4.71. The van der Waals surface area contributed by atoms with Gasteiger partial charge in [0.1, 0.15) is 5.75 Å². The number of aromatic nitrogens is 3. The van der Waals surface area contributed by atoms with Gasteiger partial charge in [0.05, 0.1) is 17.5 Å². The minimum absolute atomic E-state index is 0.119. The topological polar surface area (TPSA) is 81.1 Å². The largest absolute Gasteiger partial charge is 0.491 e. The molecule has 1 aromatic heterocycles. The number of carbonyl (C=O) groups is 1. The number of hydrogen-bond donors (Lipinski definition) is 2. The summed E-state index contributed by atoms with van der Waals surface area (Å²) in [6.07, 6.45) is 1.18. The highest BCUT2D eigenvalue weighted by Gasteiger charge is 2.25. The first-order chi connectivity index (χ1) is 12.5. The fraction of sp³-hybridized carbons (Fsp3) is 0.526. The van der Waals surface area contributed by atoms with E-state index in [1.165, 1.54) is 0 Å². The maximum absolute atomic E-state index is 12.6. The van der Waals surface area contributed by atoms with Crippen LogP contribution in [-0.4, -0.2) is 46.1 Å². The van der Waals surface area contributed by atoms with Gasteiger partial charge in [0.15, 0.2) is 5.69 Å². The second kappa shape index (κ2) is 7.86. The zero-order valence-corrected chi connectivity index (χ0v) is 15.8. The molecule has 1 amide bonds. The number of carbonyl (C=O) groups excluding carboxylic acids is 1. The van der Waals surface area contributed by atoms with Crippen LogP contribution in [0, 0.1) is 12.8 Å². The quantitative estimate of drug-likeness (QED) is 0.856. The first kappa shape index (κ1) is 18.4. The van der Waals surface area contributed by atoms with Crippen molar-refractivity contribution < 1.29 is 9.53 Å². The lowest BCUT2D eigenvalue weighted by Crippen LogP contribution is -2.50. The van der Waals surface area contributed by atoms with Crippen LogP contribution in [0.25, 0.3) is 5.69 Å². The molecule has 0 radical (unpaired) electrons. The van der Waals surface area contributed by atoms with Gasteiger partial charge in [-0.15, -0.1) is 5.10 Å². The number of benzene rings is 1. The normalized spacial score (nSPS) is 20.2. The van der Waals surface area contributed by atoms with Crippen LogP contribution in [0.5, 0.6) is 5.75 Å². The highest BCUT2D eigenvalue weighted by molar-refractivity contribution is 5.93. The number of nitrogens with one attached hydrogen (secondary N) is 2. The van der Waals surface area contributed by atoms with Gasteiger partial charge in [0.25, 0.3) is 5.91 Å². The number of rotatable bonds is 5. The van der Waals surface area contributed by atoms with Crippen LogP contribution in [0.3, 0.4) is 0 Å². The molecule has 1 fully saturated rings. The molecular weight excluding hydrogens is 330 g/mol. The van der Waals surface area contributed by atoms with Gasteiger partial charge in [-0.1, -0.05) is 12.1 Å². The maximum atomic E-state index is 12.6. The average molecular weight is 357 g/mol. The van der Waals surface area contributed by atoms with Crippen molar-refractivity contribution in [1.29, 1.82) is 0 Å². The fourth-order valence-electron chi connectivity index (χ4n) is 3.14. The summed E-state index contributed by atoms with van der Waals surface area (Å²) in [6, 6.07) is 7.73. The number of nitrogens with zero attached hydrogens (tertiary/aromatic N) is 3. The van der Waals surface area contributed by atoms with Gasteiger partial charge in [0.2, 0.25) is 0 Å². The Morgan fingerprint density at radius 1 is 1.35 bits per heavy atom. The highest BCUT2D eigenvalue weighted by atomic mass is 16.5. The van der Waals surface area contributed by atoms with Gasteiger partial charge < -0.3 is 15.4 Å². The predicted molar refractivity (Wildman–Crippen MR) is 99.8 cm³/mol. The van der Waals surface area contributed by atoms with Crippen molar-refractivity contribution in [2.24, 2.45) is 5.92 Å². The molecule has 0 saturated carbocycles. The molecule has 1 saturated heterocycles. The molecule has 2 unspecified atom stereocenters. The highest BCUT2D eigenvalue weighted by Crippen LogP contribution is 2.18. The van der Waals surface area contributed by atoms with Crippen molar-refractivity contribution in [2.75, 3.05) is 13.1 Å². The minimum Gasteiger partial charge on any atom is -0.491 e. The lowest BCUT2D eigenvalue weighted by molar-refractivity contribution is 0.0909. The molecule has 1 aliphatic heterocycles. The molecule has 2 heterocycles. The van der Waals surface area contributed by atoms with E-state index in [-0.39, 0.29) is 18.1 Å². The van der Waals surface area contributed by atoms with Crippen molar-refractivity contribution in [2.45, 2.75) is 46.3 Å². The van der Waals surface area contributed by atoms with E-state index in [0.29, 0.717) is 11.6 Å². The third kappa shape index (κ3) is 4.04. The van der Waals surface area contributed by atoms with Gasteiger partial charge in [-0.25, -0.2) is 4.68 Å². The summed E-state index contributed by atoms with van der Waals surface area (Å²) in [5.41, 5.74) is 1.93. The SMILES string of the molecule is Cc1c(C(=O)NC2CNCCC2C)nnn1-c1ccc(OC(C)C)cc1. The van der Waals surface area contributed by atoms with Crippen molar-refractivity contribution in [3.8, 4) is 11.4 Å². The van der Waals surface area contributed by atoms with E-state index in [0.717, 1.165) is 36.6 Å². The summed E-state index contributed by atoms with van der Waals surface area (Å²) in [5.74, 6) is 1.08. The molecule has 26 heavy (non-hydrogen) atoms. The number of hydrogen-bond acceptors (Lipinski definition) is 5. The fourth-order valence-corrected chi connectivity index (χ4v) is 3.14. The Bertz CT molecular complexity index is 754. The molecule has 0 spiro atoms. The first-order valence-electron chi connectivity index (χ1n) is 9.16. The number of piperidine rings is 1. The Morgan fingerprint density at radius 3 is 2.73 bits per heavy atom. The first-order valence-corrected chi connectivity index (χ1v) is 9.16. The summed E-state index contributed by atoms with van der Waals surface area (Å²) >= 11 is 0. The van der Waals surface area contributed by atoms with E-state index in [4.69, 9.17) is 4.74 Å². The van der Waals surface area contributed by atoms with Crippen molar-refractivity contribution in [3.05, 3.63) is 35.7 Å². The lowest BCUT2D eigenvalue weighted by Gasteiger charge is -2.29. The van der Waals surface area contributed by atoms with Crippen LogP contribution < -0.4 is 15.4 Å². The standard InChI is InChI=1S/C19H27N5O2/c1-12(2)26-16-7-5-15(6-8-16)24-14(4)18(22-23-24)19(25)21-17-11-20-10-9-13(17)3/h5-8,12-13,17,20H,9-11H2,1-4H3,(H,21,25). The van der Waals surface area contributed by atoms with Crippen LogP contribution in [0.2, 0.25) is 0 Å². The maximum Gasteiger partial charge on any atom is 0.274 e. The van der Waals surface area contributed by atoms with Crippen LogP contribution >= 0.6 is 0 Å². The third-order valence-electron chi connectivity index (χ3n) is 4.71. The molecule has 3 rings (SSSR count). The molecule has 7 nitrogen and oxygen atoms in total. The van der Waals surface area contributed by atoms with Crippen LogP contribution in [0.1, 0.15) is 43.4 Å². The molecule has 140 valence electrons. The number of amides is 1. The minimum atomic E-state index is -0.172. The van der Waals surface area contributed by atoms with E-state index < -0.39 is 0 Å². The zero-order valence-electron chi connectivity index (χ0n) is 15.8. The second-order valence-electron chi connectivity index (χ2n) is 7.15. The van der Waals surface area contributed by atoms with E-state index in [1.807, 2.05) is 45.0 Å². The van der Waals surface area contributed by atoms with E-state index in [2.05, 4.69) is 27.9 Å². The zero-order chi connectivity index (χ0) is 18.7. The molecule has 7 heteroatoms. The van der Waals surface area contributed by atoms with Gasteiger partial charge in [0, 0.05) is 12.6 Å². The van der Waals surface area contributed by atoms with E-state index in [9.17, 15) is 4.79 Å². The predicted octanol–water partition coefficient (Wildman–Crippen LogP) is 2.09. The molecule has 2 aromatic rings. The Morgan fingerprint density at radius 2 is 2.08 bits per heavy atom. The summed E-state index contributed by atoms with van der Waals surface area (Å²) < 4.78 is 7.34. The molecule has 1 aliphatic rings. The van der Waals surface area contributed by atoms with E-state index >= 15 is 0 Å². The second-order valence-corrected chi connectivity index (χ2v) is 7.15. The Labute approximate surface area is 154 Å². The van der Waals surface area contributed by atoms with Crippen LogP contribution in [-0.2, 0) is 0 Å². The van der Waals surface area contributed by atoms with Gasteiger partial charge in [-0.05, 0) is 63.9 Å². The molecule has 1 aromatic carbocycles. The molecule has 0 bridgehead atoms. The summed E-state index contributed by atoms with van der Waals surface area (Å²) in [7, 11) is 0. The van der Waals surface area contributed by atoms with Gasteiger partial charge >= 0.3 is 0 Å². The van der Waals surface area contributed by atoms with Crippen LogP contribution in [0.15, 0.2) is 24.3 Å². The molecular formula is C19H27N5O2. The Balaban J connectivity index is 1.73. The molecule has 0 aliphatic carbocycles.